The number of aryl methyl sites for hydroxylation is 1. The van der Waals surface area contributed by atoms with E-state index in [9.17, 15) is 8.42 Å². The molecule has 0 aliphatic carbocycles. The molecule has 1 aromatic rings. The lowest BCUT2D eigenvalue weighted by Gasteiger charge is -2.39. The van der Waals surface area contributed by atoms with Crippen LogP contribution in [0.1, 0.15) is 19.4 Å². The molecule has 1 heterocycles. The Morgan fingerprint density at radius 2 is 1.83 bits per heavy atom. The molecule has 1 aliphatic rings. The summed E-state index contributed by atoms with van der Waals surface area (Å²) in [6, 6.07) is 5.04. The molecule has 24 heavy (non-hydrogen) atoms. The summed E-state index contributed by atoms with van der Waals surface area (Å²) in [5.41, 5.74) is 0.869. The summed E-state index contributed by atoms with van der Waals surface area (Å²) in [4.78, 5) is 4.90. The predicted molar refractivity (Wildman–Crippen MR) is 99.1 cm³/mol. The van der Waals surface area contributed by atoms with Crippen LogP contribution in [0.4, 0.5) is 0 Å². The Kier molecular flexibility index (Phi) is 6.67. The van der Waals surface area contributed by atoms with Crippen LogP contribution in [0.25, 0.3) is 0 Å². The Morgan fingerprint density at radius 3 is 2.38 bits per heavy atom. The first-order valence-electron chi connectivity index (χ1n) is 8.39. The van der Waals surface area contributed by atoms with Gasteiger partial charge in [0.25, 0.3) is 0 Å². The number of hydrogen-bond donors (Lipinski definition) is 1. The first-order valence-corrected chi connectivity index (χ1v) is 10.2. The summed E-state index contributed by atoms with van der Waals surface area (Å²) in [6.45, 7) is 10.5. The zero-order chi connectivity index (χ0) is 17.9. The van der Waals surface area contributed by atoms with Crippen molar-refractivity contribution in [3.8, 4) is 0 Å². The summed E-state index contributed by atoms with van der Waals surface area (Å²) < 4.78 is 27.9. The van der Waals surface area contributed by atoms with Crippen LogP contribution < -0.4 is 4.72 Å². The van der Waals surface area contributed by atoms with Crippen molar-refractivity contribution in [2.45, 2.75) is 31.7 Å². The van der Waals surface area contributed by atoms with Crippen molar-refractivity contribution in [1.29, 1.82) is 0 Å². The molecule has 1 fully saturated rings. The lowest BCUT2D eigenvalue weighted by molar-refractivity contribution is 0.0905. The average Bonchev–Trinajstić information content (AvgIpc) is 2.51. The Morgan fingerprint density at radius 1 is 1.21 bits per heavy atom. The molecule has 0 spiro atoms. The van der Waals surface area contributed by atoms with Gasteiger partial charge in [0, 0.05) is 43.8 Å². The maximum atomic E-state index is 12.6. The van der Waals surface area contributed by atoms with Gasteiger partial charge < -0.3 is 4.90 Å². The van der Waals surface area contributed by atoms with Crippen LogP contribution in [0.2, 0.25) is 5.02 Å². The second-order valence-corrected chi connectivity index (χ2v) is 9.09. The van der Waals surface area contributed by atoms with E-state index in [4.69, 9.17) is 11.6 Å². The molecule has 1 aliphatic heterocycles. The highest BCUT2D eigenvalue weighted by Gasteiger charge is 2.26. The number of piperazine rings is 1. The second-order valence-electron chi connectivity index (χ2n) is 6.91. The molecule has 0 saturated carbocycles. The third-order valence-corrected chi connectivity index (χ3v) is 6.54. The largest absolute Gasteiger partial charge is 0.304 e. The van der Waals surface area contributed by atoms with Crippen molar-refractivity contribution in [1.82, 2.24) is 14.5 Å². The fraction of sp³-hybridized carbons (Fsp3) is 0.647. The van der Waals surface area contributed by atoms with Gasteiger partial charge in [-0.2, -0.15) is 0 Å². The fourth-order valence-corrected chi connectivity index (χ4v) is 4.28. The van der Waals surface area contributed by atoms with Crippen LogP contribution in [0.3, 0.4) is 0 Å². The van der Waals surface area contributed by atoms with Gasteiger partial charge in [-0.1, -0.05) is 31.5 Å². The van der Waals surface area contributed by atoms with Crippen LogP contribution in [0, 0.1) is 12.8 Å². The van der Waals surface area contributed by atoms with E-state index in [0.29, 0.717) is 17.5 Å². The van der Waals surface area contributed by atoms with Gasteiger partial charge in [-0.15, -0.1) is 0 Å². The third-order valence-electron chi connectivity index (χ3n) is 4.71. The summed E-state index contributed by atoms with van der Waals surface area (Å²) in [5, 5.41) is 0.470. The van der Waals surface area contributed by atoms with Gasteiger partial charge in [0.2, 0.25) is 10.0 Å². The lowest BCUT2D eigenvalue weighted by atomic mass is 10.0. The van der Waals surface area contributed by atoms with Gasteiger partial charge in [-0.25, -0.2) is 13.1 Å². The van der Waals surface area contributed by atoms with E-state index < -0.39 is 10.0 Å². The number of nitrogens with one attached hydrogen (secondary N) is 1. The van der Waals surface area contributed by atoms with Crippen LogP contribution in [0.15, 0.2) is 23.1 Å². The van der Waals surface area contributed by atoms with Gasteiger partial charge in [-0.05, 0) is 37.6 Å². The van der Waals surface area contributed by atoms with Crippen molar-refractivity contribution in [2.75, 3.05) is 39.8 Å². The Labute approximate surface area is 151 Å². The summed E-state index contributed by atoms with van der Waals surface area (Å²) in [5.74, 6) is 0.373. The van der Waals surface area contributed by atoms with Gasteiger partial charge in [0.15, 0.2) is 0 Å². The summed E-state index contributed by atoms with van der Waals surface area (Å²) >= 11 is 6.06. The molecular formula is C17H28ClN3O2S. The molecular weight excluding hydrogens is 346 g/mol. The van der Waals surface area contributed by atoms with Crippen molar-refractivity contribution in [3.05, 3.63) is 28.8 Å². The van der Waals surface area contributed by atoms with Crippen LogP contribution in [0.5, 0.6) is 0 Å². The van der Waals surface area contributed by atoms with Gasteiger partial charge in [-0.3, -0.25) is 4.90 Å². The molecule has 0 amide bonds. The van der Waals surface area contributed by atoms with E-state index in [0.717, 1.165) is 31.7 Å². The SMILES string of the molecule is Cc1ccc(S(=O)(=O)NCC(C(C)C)N2CCN(C)CC2)cc1Cl. The van der Waals surface area contributed by atoms with Crippen LogP contribution >= 0.6 is 11.6 Å². The quantitative estimate of drug-likeness (QED) is 0.830. The lowest BCUT2D eigenvalue weighted by Crippen LogP contribution is -2.54. The molecule has 1 unspecified atom stereocenters. The van der Waals surface area contributed by atoms with Gasteiger partial charge >= 0.3 is 0 Å². The highest BCUT2D eigenvalue weighted by Crippen LogP contribution is 2.20. The molecule has 2 rings (SSSR count). The third kappa shape index (κ3) is 4.92. The minimum atomic E-state index is -3.55. The van der Waals surface area contributed by atoms with E-state index in [1.807, 2.05) is 6.92 Å². The molecule has 1 N–H and O–H groups in total. The molecule has 1 atom stereocenters. The van der Waals surface area contributed by atoms with E-state index in [1.165, 1.54) is 6.07 Å². The van der Waals surface area contributed by atoms with Crippen LogP contribution in [-0.4, -0.2) is 64.0 Å². The second kappa shape index (κ2) is 8.15. The average molecular weight is 374 g/mol. The summed E-state index contributed by atoms with van der Waals surface area (Å²) in [6.07, 6.45) is 0. The van der Waals surface area contributed by atoms with Gasteiger partial charge in [0.1, 0.15) is 0 Å². The maximum Gasteiger partial charge on any atom is 0.240 e. The molecule has 136 valence electrons. The van der Waals surface area contributed by atoms with Crippen molar-refractivity contribution >= 4 is 21.6 Å². The Hall–Kier alpha value is -0.660. The number of benzene rings is 1. The molecule has 5 nitrogen and oxygen atoms in total. The molecule has 1 saturated heterocycles. The standard InChI is InChI=1S/C17H28ClN3O2S/c1-13(2)17(21-9-7-20(4)8-10-21)12-19-24(22,23)15-6-5-14(3)16(18)11-15/h5-6,11,13,17,19H,7-10,12H2,1-4H3. The predicted octanol–water partition coefficient (Wildman–Crippen LogP) is 2.20. The van der Waals surface area contributed by atoms with Crippen molar-refractivity contribution in [3.63, 3.8) is 0 Å². The van der Waals surface area contributed by atoms with Crippen molar-refractivity contribution in [2.24, 2.45) is 5.92 Å². The molecule has 0 bridgehead atoms. The van der Waals surface area contributed by atoms with E-state index >= 15 is 0 Å². The molecule has 0 aromatic heterocycles. The number of likely N-dealkylation sites (N-methyl/N-ethyl adjacent to an activating group) is 1. The number of rotatable bonds is 6. The molecule has 7 heteroatoms. The van der Waals surface area contributed by atoms with E-state index in [2.05, 4.69) is 35.4 Å². The zero-order valence-corrected chi connectivity index (χ0v) is 16.5. The Balaban J connectivity index is 2.06. The first kappa shape index (κ1) is 19.7. The van der Waals surface area contributed by atoms with Crippen molar-refractivity contribution < 1.29 is 8.42 Å². The minimum absolute atomic E-state index is 0.189. The number of nitrogens with zero attached hydrogens (tertiary/aromatic N) is 2. The topological polar surface area (TPSA) is 52.7 Å². The monoisotopic (exact) mass is 373 g/mol. The Bertz CT molecular complexity index is 656. The number of halogens is 1. The maximum absolute atomic E-state index is 12.6. The number of hydrogen-bond acceptors (Lipinski definition) is 4. The van der Waals surface area contributed by atoms with Crippen LogP contribution in [-0.2, 0) is 10.0 Å². The molecule has 1 aromatic carbocycles. The molecule has 0 radical (unpaired) electrons. The normalized spacial score (nSPS) is 18.9. The summed E-state index contributed by atoms with van der Waals surface area (Å²) in [7, 11) is -1.43. The zero-order valence-electron chi connectivity index (χ0n) is 14.9. The smallest absolute Gasteiger partial charge is 0.240 e. The highest BCUT2D eigenvalue weighted by molar-refractivity contribution is 7.89. The van der Waals surface area contributed by atoms with E-state index in [-0.39, 0.29) is 10.9 Å². The fourth-order valence-electron chi connectivity index (χ4n) is 2.96. The van der Waals surface area contributed by atoms with E-state index in [1.54, 1.807) is 12.1 Å². The highest BCUT2D eigenvalue weighted by atomic mass is 35.5. The number of sulfonamides is 1. The van der Waals surface area contributed by atoms with Gasteiger partial charge in [0.05, 0.1) is 4.90 Å². The minimum Gasteiger partial charge on any atom is -0.304 e. The first-order chi connectivity index (χ1) is 11.2.